The van der Waals surface area contributed by atoms with E-state index in [1.165, 1.54) is 22.5 Å². The van der Waals surface area contributed by atoms with Gasteiger partial charge in [-0.2, -0.15) is 5.26 Å². The Morgan fingerprint density at radius 2 is 1.79 bits per heavy atom. The Hall–Kier alpha value is -3.67. The minimum atomic E-state index is -0.199. The summed E-state index contributed by atoms with van der Waals surface area (Å²) in [7, 11) is 0. The number of thioether (sulfide) groups is 1. The van der Waals surface area contributed by atoms with Gasteiger partial charge in [-0.15, -0.1) is 10.2 Å². The van der Waals surface area contributed by atoms with Crippen molar-refractivity contribution in [3.63, 3.8) is 0 Å². The number of aromatic nitrogens is 2. The molecule has 0 spiro atoms. The number of carbonyl (C=O) groups excluding carboxylic acids is 1. The van der Waals surface area contributed by atoms with E-state index >= 15 is 0 Å². The van der Waals surface area contributed by atoms with Gasteiger partial charge in [0.2, 0.25) is 5.13 Å². The summed E-state index contributed by atoms with van der Waals surface area (Å²) in [5.41, 5.74) is 6.22. The minimum Gasteiger partial charge on any atom is -0.367 e. The smallest absolute Gasteiger partial charge is 0.257 e. The molecule has 1 amide bonds. The number of carbonyl (C=O) groups is 1. The van der Waals surface area contributed by atoms with Gasteiger partial charge in [0.15, 0.2) is 4.34 Å². The first-order chi connectivity index (χ1) is 16.7. The van der Waals surface area contributed by atoms with E-state index in [0.717, 1.165) is 40.9 Å². The van der Waals surface area contributed by atoms with Crippen molar-refractivity contribution in [2.45, 2.75) is 23.1 Å². The lowest BCUT2D eigenvalue weighted by Crippen LogP contribution is -2.30. The lowest BCUT2D eigenvalue weighted by atomic mass is 9.99. The zero-order valence-corrected chi connectivity index (χ0v) is 19.9. The Balaban J connectivity index is 1.16. The van der Waals surface area contributed by atoms with Crippen LogP contribution >= 0.6 is 23.1 Å². The van der Waals surface area contributed by atoms with Crippen molar-refractivity contribution in [3.8, 4) is 6.07 Å². The molecule has 6 nitrogen and oxygen atoms in total. The van der Waals surface area contributed by atoms with E-state index in [1.807, 2.05) is 36.4 Å². The summed E-state index contributed by atoms with van der Waals surface area (Å²) in [5, 5.41) is 20.5. The van der Waals surface area contributed by atoms with Crippen LogP contribution in [0.5, 0.6) is 0 Å². The number of nitriles is 1. The van der Waals surface area contributed by atoms with Crippen molar-refractivity contribution >= 4 is 39.8 Å². The van der Waals surface area contributed by atoms with Crippen molar-refractivity contribution in [2.75, 3.05) is 16.8 Å². The maximum atomic E-state index is 12.7. The van der Waals surface area contributed by atoms with Crippen LogP contribution in [-0.2, 0) is 18.7 Å². The molecule has 0 saturated heterocycles. The number of anilines is 2. The molecule has 0 radical (unpaired) electrons. The van der Waals surface area contributed by atoms with Crippen LogP contribution in [0.2, 0.25) is 0 Å². The Morgan fingerprint density at radius 3 is 2.56 bits per heavy atom. The molecule has 1 aliphatic heterocycles. The molecule has 5 rings (SSSR count). The standard InChI is InChI=1S/C26H21N5OS2/c27-15-18-5-7-19(8-6-18)17-33-26-30-29-25(34-26)28-24(32)21-9-11-23(12-10-21)31-14-13-20-3-1-2-4-22(20)16-31/h1-12H,13-14,16-17H2,(H,28,29,32). The second kappa shape index (κ2) is 10.1. The fourth-order valence-corrected chi connectivity index (χ4v) is 5.55. The van der Waals surface area contributed by atoms with Gasteiger partial charge in [0.05, 0.1) is 11.6 Å². The van der Waals surface area contributed by atoms with Gasteiger partial charge in [0.1, 0.15) is 0 Å². The fourth-order valence-electron chi connectivity index (χ4n) is 3.85. The molecular weight excluding hydrogens is 462 g/mol. The molecule has 4 aromatic rings. The molecule has 0 bridgehead atoms. The topological polar surface area (TPSA) is 81.9 Å². The summed E-state index contributed by atoms with van der Waals surface area (Å²) in [5.74, 6) is 0.520. The molecule has 8 heteroatoms. The highest BCUT2D eigenvalue weighted by molar-refractivity contribution is 8.00. The molecule has 3 aromatic carbocycles. The summed E-state index contributed by atoms with van der Waals surface area (Å²) in [6.45, 7) is 1.85. The Labute approximate surface area is 206 Å². The Morgan fingerprint density at radius 1 is 1.03 bits per heavy atom. The summed E-state index contributed by atoms with van der Waals surface area (Å²) in [6.07, 6.45) is 1.03. The fraction of sp³-hybridized carbons (Fsp3) is 0.154. The molecule has 2 heterocycles. The highest BCUT2D eigenvalue weighted by Crippen LogP contribution is 2.29. The molecule has 0 fully saturated rings. The van der Waals surface area contributed by atoms with Crippen LogP contribution in [0.25, 0.3) is 0 Å². The van der Waals surface area contributed by atoms with E-state index in [9.17, 15) is 4.79 Å². The Bertz CT molecular complexity index is 1340. The van der Waals surface area contributed by atoms with Crippen LogP contribution in [0.4, 0.5) is 10.8 Å². The number of fused-ring (bicyclic) bond motifs is 1. The minimum absolute atomic E-state index is 0.199. The molecule has 0 aliphatic carbocycles. The van der Waals surface area contributed by atoms with Crippen molar-refractivity contribution in [1.82, 2.24) is 10.2 Å². The number of hydrogen-bond acceptors (Lipinski definition) is 7. The lowest BCUT2D eigenvalue weighted by molar-refractivity contribution is 0.102. The van der Waals surface area contributed by atoms with Gasteiger partial charge >= 0.3 is 0 Å². The molecule has 34 heavy (non-hydrogen) atoms. The van der Waals surface area contributed by atoms with E-state index in [0.29, 0.717) is 16.3 Å². The first kappa shape index (κ1) is 22.1. The van der Waals surface area contributed by atoms with Crippen molar-refractivity contribution in [3.05, 3.63) is 101 Å². The predicted octanol–water partition coefficient (Wildman–Crippen LogP) is 5.52. The third-order valence-electron chi connectivity index (χ3n) is 5.70. The van der Waals surface area contributed by atoms with E-state index in [-0.39, 0.29) is 5.91 Å². The van der Waals surface area contributed by atoms with Gasteiger partial charge in [-0.3, -0.25) is 10.1 Å². The van der Waals surface area contributed by atoms with Gasteiger partial charge in [-0.25, -0.2) is 0 Å². The third kappa shape index (κ3) is 5.11. The van der Waals surface area contributed by atoms with Crippen molar-refractivity contribution < 1.29 is 4.79 Å². The molecule has 1 aliphatic rings. The summed E-state index contributed by atoms with van der Waals surface area (Å²) in [4.78, 5) is 15.0. The number of amides is 1. The van der Waals surface area contributed by atoms with Gasteiger partial charge in [-0.05, 0) is 59.5 Å². The van der Waals surface area contributed by atoms with Gasteiger partial charge in [0.25, 0.3) is 5.91 Å². The van der Waals surface area contributed by atoms with Crippen LogP contribution in [-0.4, -0.2) is 22.6 Å². The molecular formula is C26H21N5OS2. The molecule has 0 atom stereocenters. The largest absolute Gasteiger partial charge is 0.367 e. The van der Waals surface area contributed by atoms with E-state index in [1.54, 1.807) is 23.9 Å². The van der Waals surface area contributed by atoms with E-state index in [2.05, 4.69) is 50.7 Å². The average Bonchev–Trinajstić information content (AvgIpc) is 3.34. The van der Waals surface area contributed by atoms with Crippen LogP contribution in [0.15, 0.2) is 77.1 Å². The van der Waals surface area contributed by atoms with Crippen molar-refractivity contribution in [2.24, 2.45) is 0 Å². The zero-order chi connectivity index (χ0) is 23.3. The number of rotatable bonds is 6. The van der Waals surface area contributed by atoms with Crippen LogP contribution in [0.1, 0.15) is 32.6 Å². The number of nitrogens with one attached hydrogen (secondary N) is 1. The van der Waals surface area contributed by atoms with Gasteiger partial charge < -0.3 is 4.90 Å². The summed E-state index contributed by atoms with van der Waals surface area (Å²) >= 11 is 2.90. The molecule has 168 valence electrons. The van der Waals surface area contributed by atoms with E-state index < -0.39 is 0 Å². The summed E-state index contributed by atoms with van der Waals surface area (Å²) in [6, 6.07) is 25.9. The highest BCUT2D eigenvalue weighted by atomic mass is 32.2. The highest BCUT2D eigenvalue weighted by Gasteiger charge is 2.17. The normalized spacial score (nSPS) is 12.6. The van der Waals surface area contributed by atoms with E-state index in [4.69, 9.17) is 5.26 Å². The van der Waals surface area contributed by atoms with Crippen molar-refractivity contribution in [1.29, 1.82) is 5.26 Å². The predicted molar refractivity (Wildman–Crippen MR) is 136 cm³/mol. The average molecular weight is 484 g/mol. The second-order valence-electron chi connectivity index (χ2n) is 7.91. The first-order valence-electron chi connectivity index (χ1n) is 10.9. The lowest BCUT2D eigenvalue weighted by Gasteiger charge is -2.30. The zero-order valence-electron chi connectivity index (χ0n) is 18.3. The maximum Gasteiger partial charge on any atom is 0.257 e. The van der Waals surface area contributed by atoms with Gasteiger partial charge in [0, 0.05) is 30.1 Å². The first-order valence-corrected chi connectivity index (χ1v) is 12.7. The second-order valence-corrected chi connectivity index (χ2v) is 10.1. The number of hydrogen-bond donors (Lipinski definition) is 1. The maximum absolute atomic E-state index is 12.7. The molecule has 1 N–H and O–H groups in total. The van der Waals surface area contributed by atoms with Crippen LogP contribution < -0.4 is 10.2 Å². The van der Waals surface area contributed by atoms with Gasteiger partial charge in [-0.1, -0.05) is 59.5 Å². The molecule has 1 aromatic heterocycles. The molecule has 0 saturated carbocycles. The Kier molecular flexibility index (Phi) is 6.56. The molecule has 0 unspecified atom stereocenters. The summed E-state index contributed by atoms with van der Waals surface area (Å²) < 4.78 is 0.778. The third-order valence-corrected chi connectivity index (χ3v) is 7.74. The SMILES string of the molecule is N#Cc1ccc(CSc2nnc(NC(=O)c3ccc(N4CCc5ccccc5C4)cc3)s2)cc1. The van der Waals surface area contributed by atoms with Crippen LogP contribution in [0, 0.1) is 11.3 Å². The quantitative estimate of drug-likeness (QED) is 0.287. The number of benzene rings is 3. The van der Waals surface area contributed by atoms with Crippen LogP contribution in [0.3, 0.4) is 0 Å². The number of nitrogens with zero attached hydrogens (tertiary/aromatic N) is 4. The monoisotopic (exact) mass is 483 g/mol.